The molecular weight excluding hydrogens is 440 g/mol. The Labute approximate surface area is 187 Å². The van der Waals surface area contributed by atoms with Gasteiger partial charge in [-0.15, -0.1) is 10.2 Å². The van der Waals surface area contributed by atoms with E-state index in [0.29, 0.717) is 17.0 Å². The van der Waals surface area contributed by atoms with Gasteiger partial charge < -0.3 is 10.1 Å². The number of hydrogen-bond acceptors (Lipinski definition) is 8. The Balaban J connectivity index is 1.71. The molecule has 30 heavy (non-hydrogen) atoms. The molecule has 2 aromatic rings. The molecule has 4 rings (SSSR count). The molecule has 2 aliphatic rings. The van der Waals surface area contributed by atoms with Crippen molar-refractivity contribution in [3.63, 3.8) is 0 Å². The number of amides is 2. The van der Waals surface area contributed by atoms with Crippen LogP contribution in [0.1, 0.15) is 31.4 Å². The van der Waals surface area contributed by atoms with Gasteiger partial charge in [0, 0.05) is 17.5 Å². The average molecular weight is 463 g/mol. The summed E-state index contributed by atoms with van der Waals surface area (Å²) in [6.07, 6.45) is 1.87. The lowest BCUT2D eigenvalue weighted by molar-refractivity contribution is -0.136. The second-order valence-corrected chi connectivity index (χ2v) is 10.5. The molecule has 1 aromatic heterocycles. The smallest absolute Gasteiger partial charge is 0.338 e. The van der Waals surface area contributed by atoms with E-state index in [1.165, 1.54) is 30.2 Å². The first kappa shape index (κ1) is 21.2. The summed E-state index contributed by atoms with van der Waals surface area (Å²) in [5, 5.41) is 11.4. The minimum Gasteiger partial charge on any atom is -0.466 e. The fourth-order valence-corrected chi connectivity index (χ4v) is 6.30. The van der Waals surface area contributed by atoms with Crippen molar-refractivity contribution in [3.8, 4) is 0 Å². The van der Waals surface area contributed by atoms with Gasteiger partial charge in [0.25, 0.3) is 0 Å². The fraction of sp³-hybridized carbons (Fsp3) is 0.400. The van der Waals surface area contributed by atoms with E-state index in [1.807, 2.05) is 30.3 Å². The van der Waals surface area contributed by atoms with Gasteiger partial charge in [0.15, 0.2) is 8.68 Å². The minimum atomic E-state index is -0.544. The van der Waals surface area contributed by atoms with Crippen LogP contribution in [-0.2, 0) is 9.53 Å². The molecule has 7 nitrogen and oxygen atoms in total. The minimum absolute atomic E-state index is 0.123. The van der Waals surface area contributed by atoms with Gasteiger partial charge in [0.1, 0.15) is 0 Å². The van der Waals surface area contributed by atoms with Gasteiger partial charge in [0.2, 0.25) is 0 Å². The number of rotatable bonds is 8. The molecule has 1 aromatic carbocycles. The number of nitrogens with zero attached hydrogens (tertiary/aromatic N) is 3. The van der Waals surface area contributed by atoms with Gasteiger partial charge in [-0.2, -0.15) is 0 Å². The molecule has 2 amide bonds. The largest absolute Gasteiger partial charge is 0.466 e. The molecule has 1 aliphatic heterocycles. The maximum absolute atomic E-state index is 13.0. The Morgan fingerprint density at radius 2 is 1.93 bits per heavy atom. The van der Waals surface area contributed by atoms with Crippen LogP contribution in [0, 0.1) is 0 Å². The number of urea groups is 1. The van der Waals surface area contributed by atoms with Gasteiger partial charge in [-0.25, -0.2) is 9.59 Å². The first-order chi connectivity index (χ1) is 14.6. The number of methoxy groups -OCH3 is 1. The molecule has 1 unspecified atom stereocenters. The molecule has 2 heterocycles. The lowest BCUT2D eigenvalue weighted by atomic mass is 9.95. The number of carbonyl (C=O) groups is 2. The van der Waals surface area contributed by atoms with Crippen molar-refractivity contribution in [2.75, 3.05) is 18.6 Å². The van der Waals surface area contributed by atoms with Gasteiger partial charge >= 0.3 is 12.0 Å². The predicted molar refractivity (Wildman–Crippen MR) is 119 cm³/mol. The predicted octanol–water partition coefficient (Wildman–Crippen LogP) is 4.10. The molecule has 0 spiro atoms. The summed E-state index contributed by atoms with van der Waals surface area (Å²) in [5.74, 6) is 0.957. The molecule has 1 atom stereocenters. The number of aromatic nitrogens is 2. The molecule has 10 heteroatoms. The molecule has 158 valence electrons. The van der Waals surface area contributed by atoms with Gasteiger partial charge in [-0.1, -0.05) is 72.1 Å². The SMILES string of the molecule is CCSc1nnc(SCC2=C(C(=O)OC)C(c3ccccc3)NC(=O)N2C2CC2)s1. The van der Waals surface area contributed by atoms with Crippen molar-refractivity contribution in [2.45, 2.75) is 40.5 Å². The number of benzene rings is 1. The number of hydrogen-bond donors (Lipinski definition) is 1. The summed E-state index contributed by atoms with van der Waals surface area (Å²) < 4.78 is 6.87. The topological polar surface area (TPSA) is 84.4 Å². The zero-order chi connectivity index (χ0) is 21.1. The van der Waals surface area contributed by atoms with Crippen molar-refractivity contribution in [1.82, 2.24) is 20.4 Å². The van der Waals surface area contributed by atoms with E-state index in [2.05, 4.69) is 22.4 Å². The zero-order valence-electron chi connectivity index (χ0n) is 16.7. The highest BCUT2D eigenvalue weighted by Crippen LogP contribution is 2.40. The van der Waals surface area contributed by atoms with Crippen LogP contribution in [0.5, 0.6) is 0 Å². The normalized spacial score (nSPS) is 19.1. The fourth-order valence-electron chi connectivity index (χ4n) is 3.36. The Kier molecular flexibility index (Phi) is 6.64. The number of thioether (sulfide) groups is 2. The Morgan fingerprint density at radius 3 is 2.57 bits per heavy atom. The third-order valence-electron chi connectivity index (χ3n) is 4.82. The van der Waals surface area contributed by atoms with E-state index >= 15 is 0 Å². The van der Waals surface area contributed by atoms with E-state index < -0.39 is 12.0 Å². The van der Waals surface area contributed by atoms with Crippen molar-refractivity contribution in [2.24, 2.45) is 0 Å². The summed E-state index contributed by atoms with van der Waals surface area (Å²) in [6.45, 7) is 2.07. The van der Waals surface area contributed by atoms with Crippen LogP contribution >= 0.6 is 34.9 Å². The van der Waals surface area contributed by atoms with Gasteiger partial charge in [-0.3, -0.25) is 4.90 Å². The number of nitrogens with one attached hydrogen (secondary N) is 1. The summed E-state index contributed by atoms with van der Waals surface area (Å²) in [7, 11) is 1.37. The molecule has 0 bridgehead atoms. The third kappa shape index (κ3) is 4.50. The van der Waals surface area contributed by atoms with Crippen LogP contribution in [0.2, 0.25) is 0 Å². The quantitative estimate of drug-likeness (QED) is 0.467. The first-order valence-electron chi connectivity index (χ1n) is 9.67. The second-order valence-electron chi connectivity index (χ2n) is 6.80. The maximum Gasteiger partial charge on any atom is 0.338 e. The Bertz CT molecular complexity index is 959. The second kappa shape index (κ2) is 9.40. The first-order valence-corrected chi connectivity index (χ1v) is 12.5. The summed E-state index contributed by atoms with van der Waals surface area (Å²) in [5.41, 5.74) is 2.03. The van der Waals surface area contributed by atoms with Crippen molar-refractivity contribution in [1.29, 1.82) is 0 Å². The average Bonchev–Trinajstić information content (AvgIpc) is 3.50. The lowest BCUT2D eigenvalue weighted by Crippen LogP contribution is -2.50. The van der Waals surface area contributed by atoms with Crippen LogP contribution < -0.4 is 5.32 Å². The number of carbonyl (C=O) groups excluding carboxylic acids is 2. The monoisotopic (exact) mass is 462 g/mol. The van der Waals surface area contributed by atoms with Crippen molar-refractivity contribution < 1.29 is 14.3 Å². The summed E-state index contributed by atoms with van der Waals surface area (Å²) >= 11 is 4.68. The summed E-state index contributed by atoms with van der Waals surface area (Å²) in [6, 6.07) is 8.92. The standard InChI is InChI=1S/C20H22N4O3S3/c1-3-28-19-22-23-20(30-19)29-11-14-15(17(25)27-2)16(12-7-5-4-6-8-12)21-18(26)24(14)13-9-10-13/h4-8,13,16H,3,9-11H2,1-2H3,(H,21,26). The van der Waals surface area contributed by atoms with E-state index in [0.717, 1.165) is 32.8 Å². The third-order valence-corrected chi connectivity index (χ3v) is 7.90. The van der Waals surface area contributed by atoms with Crippen LogP contribution in [0.4, 0.5) is 4.79 Å². The highest BCUT2D eigenvalue weighted by atomic mass is 32.2. The van der Waals surface area contributed by atoms with E-state index in [4.69, 9.17) is 4.74 Å². The Hall–Kier alpha value is -2.04. The molecular formula is C20H22N4O3S3. The highest BCUT2D eigenvalue weighted by Gasteiger charge is 2.43. The number of ether oxygens (including phenoxy) is 1. The van der Waals surface area contributed by atoms with Crippen LogP contribution in [0.3, 0.4) is 0 Å². The van der Waals surface area contributed by atoms with Crippen LogP contribution in [-0.4, -0.2) is 51.8 Å². The van der Waals surface area contributed by atoms with E-state index in [-0.39, 0.29) is 12.1 Å². The Morgan fingerprint density at radius 1 is 1.23 bits per heavy atom. The maximum atomic E-state index is 13.0. The highest BCUT2D eigenvalue weighted by molar-refractivity contribution is 8.03. The van der Waals surface area contributed by atoms with Gasteiger partial charge in [-0.05, 0) is 24.2 Å². The lowest BCUT2D eigenvalue weighted by Gasteiger charge is -2.36. The molecule has 1 N–H and O–H groups in total. The summed E-state index contributed by atoms with van der Waals surface area (Å²) in [4.78, 5) is 27.6. The molecule has 1 aliphatic carbocycles. The van der Waals surface area contributed by atoms with Crippen LogP contribution in [0.15, 0.2) is 50.3 Å². The van der Waals surface area contributed by atoms with Crippen molar-refractivity contribution in [3.05, 3.63) is 47.2 Å². The molecule has 0 saturated heterocycles. The number of esters is 1. The molecule has 1 fully saturated rings. The van der Waals surface area contributed by atoms with E-state index in [9.17, 15) is 9.59 Å². The van der Waals surface area contributed by atoms with Crippen LogP contribution in [0.25, 0.3) is 0 Å². The van der Waals surface area contributed by atoms with E-state index in [1.54, 1.807) is 16.7 Å². The zero-order valence-corrected chi connectivity index (χ0v) is 19.1. The molecule has 0 radical (unpaired) electrons. The molecule has 1 saturated carbocycles. The van der Waals surface area contributed by atoms with Crippen molar-refractivity contribution >= 4 is 46.9 Å². The van der Waals surface area contributed by atoms with Gasteiger partial charge in [0.05, 0.1) is 18.7 Å².